The van der Waals surface area contributed by atoms with E-state index in [0.29, 0.717) is 13.2 Å². The van der Waals surface area contributed by atoms with Crippen LogP contribution in [0.4, 0.5) is 15.6 Å². The molecule has 1 saturated heterocycles. The Morgan fingerprint density at radius 3 is 2.71 bits per heavy atom. The normalized spacial score (nSPS) is 15.7. The molecule has 8 nitrogen and oxygen atoms in total. The number of anilines is 2. The van der Waals surface area contributed by atoms with Gasteiger partial charge in [-0.15, -0.1) is 11.3 Å². The molecule has 6 rings (SSSR count). The number of urea groups is 1. The lowest BCUT2D eigenvalue weighted by Gasteiger charge is -2.36. The van der Waals surface area contributed by atoms with E-state index < -0.39 is 0 Å². The van der Waals surface area contributed by atoms with Gasteiger partial charge in [-0.05, 0) is 59.9 Å². The van der Waals surface area contributed by atoms with E-state index in [1.165, 1.54) is 21.6 Å². The van der Waals surface area contributed by atoms with Crippen LogP contribution in [0.5, 0.6) is 0 Å². The van der Waals surface area contributed by atoms with Crippen molar-refractivity contribution in [2.45, 2.75) is 25.8 Å². The van der Waals surface area contributed by atoms with Gasteiger partial charge in [-0.25, -0.2) is 14.5 Å². The molecule has 38 heavy (non-hydrogen) atoms. The minimum Gasteiger partial charge on any atom is -0.383 e. The van der Waals surface area contributed by atoms with Crippen LogP contribution in [-0.2, 0) is 24.1 Å². The van der Waals surface area contributed by atoms with Crippen molar-refractivity contribution >= 4 is 28.2 Å². The number of amides is 2. The summed E-state index contributed by atoms with van der Waals surface area (Å²) in [6.45, 7) is 4.49. The summed E-state index contributed by atoms with van der Waals surface area (Å²) < 4.78 is 7.06. The van der Waals surface area contributed by atoms with Gasteiger partial charge < -0.3 is 14.5 Å². The van der Waals surface area contributed by atoms with E-state index in [1.54, 1.807) is 24.6 Å². The third kappa shape index (κ3) is 5.16. The summed E-state index contributed by atoms with van der Waals surface area (Å²) in [6, 6.07) is 17.0. The highest BCUT2D eigenvalue weighted by atomic mass is 32.1. The van der Waals surface area contributed by atoms with Crippen LogP contribution in [-0.4, -0.2) is 65.6 Å². The molecule has 2 aromatic carbocycles. The number of aromatic nitrogens is 3. The average molecular weight is 529 g/mol. The lowest BCUT2D eigenvalue weighted by atomic mass is 9.99. The Kier molecular flexibility index (Phi) is 7.11. The van der Waals surface area contributed by atoms with Gasteiger partial charge in [-0.1, -0.05) is 18.2 Å². The van der Waals surface area contributed by atoms with Crippen molar-refractivity contribution < 1.29 is 9.53 Å². The minimum atomic E-state index is 0.0723. The van der Waals surface area contributed by atoms with Crippen molar-refractivity contribution in [1.82, 2.24) is 19.7 Å². The van der Waals surface area contributed by atoms with Crippen LogP contribution in [0, 0.1) is 0 Å². The molecule has 0 radical (unpaired) electrons. The fourth-order valence-electron chi connectivity index (χ4n) is 5.22. The molecule has 9 heteroatoms. The summed E-state index contributed by atoms with van der Waals surface area (Å²) in [5.41, 5.74) is 5.94. The van der Waals surface area contributed by atoms with Crippen molar-refractivity contribution in [2.24, 2.45) is 0 Å². The van der Waals surface area contributed by atoms with E-state index in [-0.39, 0.29) is 6.03 Å². The second kappa shape index (κ2) is 11.0. The van der Waals surface area contributed by atoms with Gasteiger partial charge in [0.1, 0.15) is 0 Å². The summed E-state index contributed by atoms with van der Waals surface area (Å²) in [5.74, 6) is 0. The molecule has 0 unspecified atom stereocenters. The van der Waals surface area contributed by atoms with E-state index >= 15 is 0 Å². The molecule has 2 amide bonds. The van der Waals surface area contributed by atoms with E-state index in [0.717, 1.165) is 61.9 Å². The number of rotatable bonds is 8. The Hall–Kier alpha value is -3.69. The monoisotopic (exact) mass is 528 g/mol. The number of methoxy groups -OCH3 is 1. The van der Waals surface area contributed by atoms with Crippen LogP contribution in [0.2, 0.25) is 0 Å². The van der Waals surface area contributed by atoms with Crippen molar-refractivity contribution in [1.29, 1.82) is 0 Å². The smallest absolute Gasteiger partial charge is 0.324 e. The lowest BCUT2D eigenvalue weighted by molar-refractivity contribution is 0.146. The van der Waals surface area contributed by atoms with Crippen molar-refractivity contribution in [2.75, 3.05) is 49.7 Å². The number of fused-ring (bicyclic) bond motifs is 1. The van der Waals surface area contributed by atoms with Gasteiger partial charge in [-0.2, -0.15) is 5.10 Å². The lowest BCUT2D eigenvalue weighted by Crippen LogP contribution is -2.50. The standard InChI is InChI=1S/C29H32N6O2S/c1-37-17-16-32-12-3-13-34(29(32)36)26-9-6-23-10-15-33(21-24(23)19-26)28-30-20-27(38-28)18-22-4-7-25(8-5-22)35-14-2-11-31-35/h2,4-9,11,14,19-20H,3,10,12-13,15-18,21H2,1H3. The number of hydrogen-bond donors (Lipinski definition) is 0. The first-order chi connectivity index (χ1) is 18.7. The maximum Gasteiger partial charge on any atom is 0.324 e. The molecule has 0 bridgehead atoms. The molecule has 1 fully saturated rings. The first kappa shape index (κ1) is 24.6. The second-order valence-corrected chi connectivity index (χ2v) is 10.9. The predicted octanol–water partition coefficient (Wildman–Crippen LogP) is 4.76. The SMILES string of the molecule is COCCN1CCCN(c2ccc3c(c2)CN(c2ncc(Cc4ccc(-n5cccn5)cc4)s2)CC3)C1=O. The highest BCUT2D eigenvalue weighted by Crippen LogP contribution is 2.32. The van der Waals surface area contributed by atoms with Crippen LogP contribution in [0.1, 0.15) is 28.0 Å². The molecule has 0 atom stereocenters. The number of nitrogens with zero attached hydrogens (tertiary/aromatic N) is 6. The Morgan fingerprint density at radius 1 is 1.03 bits per heavy atom. The summed E-state index contributed by atoms with van der Waals surface area (Å²) in [4.78, 5) is 25.3. The fourth-order valence-corrected chi connectivity index (χ4v) is 6.19. The molecule has 4 aromatic rings. The van der Waals surface area contributed by atoms with E-state index in [4.69, 9.17) is 9.72 Å². The first-order valence-electron chi connectivity index (χ1n) is 13.1. The van der Waals surface area contributed by atoms with Gasteiger partial charge >= 0.3 is 6.03 Å². The number of carbonyl (C=O) groups excluding carboxylic acids is 1. The molecule has 2 aliphatic heterocycles. The average Bonchev–Trinajstić information content (AvgIpc) is 3.65. The largest absolute Gasteiger partial charge is 0.383 e. The fraction of sp³-hybridized carbons (Fsp3) is 0.345. The zero-order chi connectivity index (χ0) is 25.9. The molecule has 0 spiro atoms. The topological polar surface area (TPSA) is 66.7 Å². The first-order valence-corrected chi connectivity index (χ1v) is 14.0. The third-order valence-electron chi connectivity index (χ3n) is 7.29. The van der Waals surface area contributed by atoms with Crippen LogP contribution in [0.3, 0.4) is 0 Å². The molecule has 2 aromatic heterocycles. The quantitative estimate of drug-likeness (QED) is 0.330. The Bertz CT molecular complexity index is 1380. The molecule has 4 heterocycles. The highest BCUT2D eigenvalue weighted by molar-refractivity contribution is 7.15. The number of benzene rings is 2. The molecule has 0 saturated carbocycles. The van der Waals surface area contributed by atoms with Crippen LogP contribution in [0.15, 0.2) is 67.1 Å². The highest BCUT2D eigenvalue weighted by Gasteiger charge is 2.28. The van der Waals surface area contributed by atoms with Crippen molar-refractivity contribution in [3.63, 3.8) is 0 Å². The van der Waals surface area contributed by atoms with Crippen LogP contribution in [0.25, 0.3) is 5.69 Å². The Balaban J connectivity index is 1.13. The van der Waals surface area contributed by atoms with E-state index in [2.05, 4.69) is 52.5 Å². The Morgan fingerprint density at radius 2 is 1.89 bits per heavy atom. The van der Waals surface area contributed by atoms with E-state index in [9.17, 15) is 4.79 Å². The summed E-state index contributed by atoms with van der Waals surface area (Å²) >= 11 is 1.77. The minimum absolute atomic E-state index is 0.0723. The summed E-state index contributed by atoms with van der Waals surface area (Å²) in [7, 11) is 1.67. The summed E-state index contributed by atoms with van der Waals surface area (Å²) in [6.07, 6.45) is 8.56. The van der Waals surface area contributed by atoms with Gasteiger partial charge in [0.25, 0.3) is 0 Å². The number of carbonyl (C=O) groups is 1. The third-order valence-corrected chi connectivity index (χ3v) is 8.34. The Labute approximate surface area is 227 Å². The van der Waals surface area contributed by atoms with Crippen molar-refractivity contribution in [3.05, 3.63) is 88.7 Å². The summed E-state index contributed by atoms with van der Waals surface area (Å²) in [5, 5.41) is 5.36. The molecular weight excluding hydrogens is 496 g/mol. The zero-order valence-corrected chi connectivity index (χ0v) is 22.4. The molecule has 196 valence electrons. The van der Waals surface area contributed by atoms with Gasteiger partial charge in [0, 0.05) is 75.4 Å². The molecule has 2 aliphatic rings. The van der Waals surface area contributed by atoms with Gasteiger partial charge in [-0.3, -0.25) is 4.90 Å². The molecule has 0 N–H and O–H groups in total. The van der Waals surface area contributed by atoms with Gasteiger partial charge in [0.05, 0.1) is 12.3 Å². The van der Waals surface area contributed by atoms with Gasteiger partial charge in [0.2, 0.25) is 0 Å². The second-order valence-electron chi connectivity index (χ2n) is 9.80. The predicted molar refractivity (Wildman–Crippen MR) is 150 cm³/mol. The van der Waals surface area contributed by atoms with Crippen molar-refractivity contribution in [3.8, 4) is 5.69 Å². The molecule has 0 aliphatic carbocycles. The maximum absolute atomic E-state index is 13.1. The maximum atomic E-state index is 13.1. The molecular formula is C29H32N6O2S. The number of hydrogen-bond acceptors (Lipinski definition) is 6. The van der Waals surface area contributed by atoms with E-state index in [1.807, 2.05) is 32.9 Å². The van der Waals surface area contributed by atoms with Crippen LogP contribution < -0.4 is 9.80 Å². The number of thiazole rings is 1. The zero-order valence-electron chi connectivity index (χ0n) is 21.6. The van der Waals surface area contributed by atoms with Gasteiger partial charge in [0.15, 0.2) is 5.13 Å². The number of ether oxygens (including phenoxy) is 1. The van der Waals surface area contributed by atoms with Crippen LogP contribution >= 0.6 is 11.3 Å².